The van der Waals surface area contributed by atoms with Crippen molar-refractivity contribution in [3.8, 4) is 5.75 Å². The number of aromatic carboxylic acids is 1. The molecule has 0 aliphatic heterocycles. The Labute approximate surface area is 175 Å². The van der Waals surface area contributed by atoms with Gasteiger partial charge in [0.1, 0.15) is 11.3 Å². The highest BCUT2D eigenvalue weighted by molar-refractivity contribution is 8.00. The number of thioether (sulfide) groups is 1. The molecule has 0 bridgehead atoms. The number of hydrogen-bond donors (Lipinski definition) is 4. The summed E-state index contributed by atoms with van der Waals surface area (Å²) in [6, 6.07) is 14.0. The van der Waals surface area contributed by atoms with Gasteiger partial charge in [-0.15, -0.1) is 11.8 Å². The van der Waals surface area contributed by atoms with Crippen LogP contribution in [0, 0.1) is 0 Å². The maximum Gasteiger partial charge on any atom is 0.339 e. The van der Waals surface area contributed by atoms with Crippen LogP contribution < -0.4 is 10.6 Å². The lowest BCUT2D eigenvalue weighted by Gasteiger charge is -2.13. The van der Waals surface area contributed by atoms with Crippen LogP contribution in [-0.4, -0.2) is 33.2 Å². The van der Waals surface area contributed by atoms with Crippen molar-refractivity contribution in [1.82, 2.24) is 0 Å². The van der Waals surface area contributed by atoms with Crippen molar-refractivity contribution in [3.05, 3.63) is 72.2 Å². The molecule has 9 heteroatoms. The first-order chi connectivity index (χ1) is 14.3. The van der Waals surface area contributed by atoms with Gasteiger partial charge in [-0.2, -0.15) is 0 Å². The highest BCUT2D eigenvalue weighted by Crippen LogP contribution is 2.28. The molecule has 0 saturated carbocycles. The van der Waals surface area contributed by atoms with Crippen LogP contribution in [0.5, 0.6) is 5.75 Å². The molecule has 0 saturated heterocycles. The van der Waals surface area contributed by atoms with Gasteiger partial charge >= 0.3 is 5.97 Å². The number of carbonyl (C=O) groups is 3. The van der Waals surface area contributed by atoms with Gasteiger partial charge in [0.05, 0.1) is 11.5 Å². The molecule has 2 amide bonds. The molecule has 3 rings (SSSR count). The third-order valence-electron chi connectivity index (χ3n) is 4.01. The Balaban J connectivity index is 1.63. The number of furan rings is 1. The van der Waals surface area contributed by atoms with Gasteiger partial charge in [0.2, 0.25) is 5.91 Å². The molecule has 1 heterocycles. The van der Waals surface area contributed by atoms with Crippen LogP contribution in [0.4, 0.5) is 11.4 Å². The van der Waals surface area contributed by atoms with Gasteiger partial charge in [0, 0.05) is 16.3 Å². The molecule has 4 N–H and O–H groups in total. The van der Waals surface area contributed by atoms with Crippen molar-refractivity contribution in [1.29, 1.82) is 0 Å². The second-order valence-corrected chi connectivity index (χ2v) is 7.66. The summed E-state index contributed by atoms with van der Waals surface area (Å²) < 4.78 is 5.06. The summed E-state index contributed by atoms with van der Waals surface area (Å²) >= 11 is 1.27. The summed E-state index contributed by atoms with van der Waals surface area (Å²) in [5.74, 6) is -2.20. The number of aromatic hydroxyl groups is 1. The molecule has 0 fully saturated rings. The molecular weight excluding hydrogens is 408 g/mol. The van der Waals surface area contributed by atoms with Crippen LogP contribution >= 0.6 is 11.8 Å². The Kier molecular flexibility index (Phi) is 6.43. The summed E-state index contributed by atoms with van der Waals surface area (Å²) in [6.45, 7) is 1.70. The number of amides is 2. The summed E-state index contributed by atoms with van der Waals surface area (Å²) in [4.78, 5) is 36.4. The lowest BCUT2D eigenvalue weighted by molar-refractivity contribution is -0.115. The molecule has 1 atom stereocenters. The highest BCUT2D eigenvalue weighted by Gasteiger charge is 2.17. The topological polar surface area (TPSA) is 129 Å². The van der Waals surface area contributed by atoms with E-state index in [0.29, 0.717) is 5.69 Å². The van der Waals surface area contributed by atoms with E-state index in [1.807, 2.05) is 0 Å². The summed E-state index contributed by atoms with van der Waals surface area (Å²) in [5, 5.41) is 23.5. The van der Waals surface area contributed by atoms with Gasteiger partial charge in [-0.05, 0) is 55.5 Å². The van der Waals surface area contributed by atoms with Gasteiger partial charge in [-0.3, -0.25) is 9.59 Å². The van der Waals surface area contributed by atoms with E-state index in [2.05, 4.69) is 10.6 Å². The fourth-order valence-corrected chi connectivity index (χ4v) is 3.46. The van der Waals surface area contributed by atoms with Crippen molar-refractivity contribution in [2.45, 2.75) is 17.1 Å². The minimum Gasteiger partial charge on any atom is -0.507 e. The average molecular weight is 426 g/mol. The number of carbonyl (C=O) groups excluding carboxylic acids is 2. The molecule has 2 aromatic carbocycles. The van der Waals surface area contributed by atoms with Crippen molar-refractivity contribution >= 4 is 40.9 Å². The molecule has 0 aliphatic carbocycles. The van der Waals surface area contributed by atoms with Crippen LogP contribution in [0.2, 0.25) is 0 Å². The molecule has 30 heavy (non-hydrogen) atoms. The Morgan fingerprint density at radius 1 is 1.00 bits per heavy atom. The SMILES string of the molecule is CC(Sc1cccc(NC(=O)c2ccco2)c1)C(=O)Nc1ccc(O)c(C(=O)O)c1. The van der Waals surface area contributed by atoms with Crippen LogP contribution in [0.1, 0.15) is 27.8 Å². The fraction of sp³-hybridized carbons (Fsp3) is 0.0952. The van der Waals surface area contributed by atoms with Crippen molar-refractivity contribution < 1.29 is 29.0 Å². The van der Waals surface area contributed by atoms with Crippen LogP contribution in [0.25, 0.3) is 0 Å². The number of phenols is 1. The first-order valence-corrected chi connectivity index (χ1v) is 9.70. The number of nitrogens with one attached hydrogen (secondary N) is 2. The van der Waals surface area contributed by atoms with E-state index in [1.165, 1.54) is 36.2 Å². The lowest BCUT2D eigenvalue weighted by Crippen LogP contribution is -2.22. The zero-order valence-corrected chi connectivity index (χ0v) is 16.6. The molecule has 0 radical (unpaired) electrons. The fourth-order valence-electron chi connectivity index (χ4n) is 2.53. The van der Waals surface area contributed by atoms with Gasteiger partial charge < -0.3 is 25.3 Å². The molecular formula is C21H18N2O6S. The van der Waals surface area contributed by atoms with Crippen LogP contribution in [0.3, 0.4) is 0 Å². The van der Waals surface area contributed by atoms with Gasteiger partial charge in [-0.1, -0.05) is 6.07 Å². The molecule has 1 unspecified atom stereocenters. The molecule has 3 aromatic rings. The standard InChI is InChI=1S/C21H18N2O6S/c1-12(19(25)22-14-7-8-17(24)16(11-14)21(27)28)30-15-5-2-4-13(10-15)23-20(26)18-6-3-9-29-18/h2-12,24H,1H3,(H,22,25)(H,23,26)(H,27,28). The summed E-state index contributed by atoms with van der Waals surface area (Å²) in [6.07, 6.45) is 1.41. The molecule has 1 aromatic heterocycles. The van der Waals surface area contributed by atoms with Crippen LogP contribution in [-0.2, 0) is 4.79 Å². The number of carboxylic acids is 1. The Morgan fingerprint density at radius 2 is 1.77 bits per heavy atom. The number of carboxylic acid groups (broad SMARTS) is 1. The quantitative estimate of drug-likeness (QED) is 0.331. The Bertz CT molecular complexity index is 1080. The van der Waals surface area contributed by atoms with Crippen molar-refractivity contribution in [2.24, 2.45) is 0 Å². The largest absolute Gasteiger partial charge is 0.507 e. The number of hydrogen-bond acceptors (Lipinski definition) is 6. The molecule has 0 aliphatic rings. The molecule has 8 nitrogen and oxygen atoms in total. The number of benzene rings is 2. The van der Waals surface area contributed by atoms with E-state index in [-0.39, 0.29) is 34.6 Å². The maximum atomic E-state index is 12.5. The lowest BCUT2D eigenvalue weighted by atomic mass is 10.2. The van der Waals surface area contributed by atoms with Gasteiger partial charge in [0.25, 0.3) is 5.91 Å². The first kappa shape index (κ1) is 21.0. The third kappa shape index (κ3) is 5.21. The molecule has 154 valence electrons. The predicted octanol–water partition coefficient (Wildman–Crippen LogP) is 4.06. The van der Waals surface area contributed by atoms with E-state index >= 15 is 0 Å². The number of rotatable bonds is 7. The summed E-state index contributed by atoms with van der Waals surface area (Å²) in [7, 11) is 0. The summed E-state index contributed by atoms with van der Waals surface area (Å²) in [5.41, 5.74) is 0.522. The van der Waals surface area contributed by atoms with E-state index < -0.39 is 11.2 Å². The predicted molar refractivity (Wildman–Crippen MR) is 112 cm³/mol. The monoisotopic (exact) mass is 426 g/mol. The normalized spacial score (nSPS) is 11.5. The van der Waals surface area contributed by atoms with Crippen molar-refractivity contribution in [2.75, 3.05) is 10.6 Å². The molecule has 0 spiro atoms. The second-order valence-electron chi connectivity index (χ2n) is 6.25. The van der Waals surface area contributed by atoms with E-state index in [4.69, 9.17) is 9.52 Å². The van der Waals surface area contributed by atoms with Gasteiger partial charge in [0.15, 0.2) is 5.76 Å². The van der Waals surface area contributed by atoms with Crippen LogP contribution in [0.15, 0.2) is 70.2 Å². The minimum atomic E-state index is -1.29. The first-order valence-electron chi connectivity index (χ1n) is 8.82. The second kappa shape index (κ2) is 9.19. The average Bonchev–Trinajstić information content (AvgIpc) is 3.24. The number of anilines is 2. The van der Waals surface area contributed by atoms with E-state index in [0.717, 1.165) is 4.90 Å². The Morgan fingerprint density at radius 3 is 2.47 bits per heavy atom. The van der Waals surface area contributed by atoms with E-state index in [1.54, 1.807) is 43.3 Å². The Hall–Kier alpha value is -3.72. The van der Waals surface area contributed by atoms with Crippen molar-refractivity contribution in [3.63, 3.8) is 0 Å². The van der Waals surface area contributed by atoms with Gasteiger partial charge in [-0.25, -0.2) is 4.79 Å². The zero-order chi connectivity index (χ0) is 21.7. The highest BCUT2D eigenvalue weighted by atomic mass is 32.2. The zero-order valence-electron chi connectivity index (χ0n) is 15.8. The smallest absolute Gasteiger partial charge is 0.339 e. The minimum absolute atomic E-state index is 0.190. The maximum absolute atomic E-state index is 12.5. The third-order valence-corrected chi connectivity index (χ3v) is 5.11. The van der Waals surface area contributed by atoms with E-state index in [9.17, 15) is 19.5 Å².